The summed E-state index contributed by atoms with van der Waals surface area (Å²) in [4.78, 5) is 36.4. The van der Waals surface area contributed by atoms with Gasteiger partial charge in [-0.2, -0.15) is 0 Å². The number of rotatable bonds is 6. The van der Waals surface area contributed by atoms with Gasteiger partial charge in [-0.05, 0) is 36.6 Å². The molecule has 8 heteroatoms. The van der Waals surface area contributed by atoms with Crippen LogP contribution in [0.25, 0.3) is 0 Å². The highest BCUT2D eigenvalue weighted by atomic mass is 16.3. The quantitative estimate of drug-likeness (QED) is 0.655. The van der Waals surface area contributed by atoms with Crippen LogP contribution in [0.2, 0.25) is 0 Å². The molecule has 1 amide bonds. The Labute approximate surface area is 179 Å². The molecule has 5 heterocycles. The number of hydrogen-bond acceptors (Lipinski definition) is 6. The maximum Gasteiger partial charge on any atom is 0.263 e. The molecule has 3 aromatic rings. The highest BCUT2D eigenvalue weighted by Crippen LogP contribution is 2.35. The van der Waals surface area contributed by atoms with Gasteiger partial charge in [0.15, 0.2) is 0 Å². The maximum atomic E-state index is 13.1. The zero-order chi connectivity index (χ0) is 21.2. The number of amides is 1. The van der Waals surface area contributed by atoms with Gasteiger partial charge in [-0.3, -0.25) is 24.5 Å². The Kier molecular flexibility index (Phi) is 5.38. The molecule has 8 nitrogen and oxygen atoms in total. The molecule has 1 N–H and O–H groups in total. The number of piperidine rings is 1. The number of hydrogen-bond donors (Lipinski definition) is 1. The fourth-order valence-electron chi connectivity index (χ4n) is 4.83. The molecule has 3 aromatic heterocycles. The molecule has 1 fully saturated rings. The molecule has 5 rings (SSSR count). The molecule has 0 aromatic carbocycles. The van der Waals surface area contributed by atoms with E-state index in [-0.39, 0.29) is 17.0 Å². The molecule has 2 atom stereocenters. The van der Waals surface area contributed by atoms with Gasteiger partial charge in [-0.25, -0.2) is 0 Å². The third-order valence-corrected chi connectivity index (χ3v) is 6.17. The summed E-state index contributed by atoms with van der Waals surface area (Å²) in [5.74, 6) is 1.32. The standard InChI is InChI=1S/C23H25N5O3/c29-22(26-6-5-18-11-24-7-8-25-18)20-3-4-21-17-10-16(13-28(21)23(20)30)12-27(14-17)15-19-2-1-9-31-19/h1-4,7-9,11,16-17H,5-6,10,12-15H2,(H,26,29)/t16-,17+/m0/s1. The van der Waals surface area contributed by atoms with Crippen LogP contribution in [0.3, 0.4) is 0 Å². The number of fused-ring (bicyclic) bond motifs is 4. The Balaban J connectivity index is 1.28. The van der Waals surface area contributed by atoms with E-state index in [4.69, 9.17) is 4.42 Å². The van der Waals surface area contributed by atoms with Gasteiger partial charge in [0.1, 0.15) is 11.3 Å². The Bertz CT molecular complexity index is 1110. The number of nitrogens with one attached hydrogen (secondary N) is 1. The minimum atomic E-state index is -0.334. The predicted octanol–water partition coefficient (Wildman–Crippen LogP) is 1.82. The van der Waals surface area contributed by atoms with Gasteiger partial charge in [0.05, 0.1) is 18.5 Å². The van der Waals surface area contributed by atoms with Crippen molar-refractivity contribution in [2.75, 3.05) is 19.6 Å². The molecule has 0 unspecified atom stereocenters. The van der Waals surface area contributed by atoms with Crippen LogP contribution in [0, 0.1) is 5.92 Å². The van der Waals surface area contributed by atoms with E-state index < -0.39 is 0 Å². The van der Waals surface area contributed by atoms with Crippen molar-refractivity contribution in [2.24, 2.45) is 5.92 Å². The van der Waals surface area contributed by atoms with Crippen LogP contribution in [-0.4, -0.2) is 45.0 Å². The zero-order valence-electron chi connectivity index (χ0n) is 17.2. The maximum absolute atomic E-state index is 13.1. The summed E-state index contributed by atoms with van der Waals surface area (Å²) >= 11 is 0. The van der Waals surface area contributed by atoms with Crippen molar-refractivity contribution in [2.45, 2.75) is 31.8 Å². The lowest BCUT2D eigenvalue weighted by Crippen LogP contribution is -2.47. The van der Waals surface area contributed by atoms with Crippen molar-refractivity contribution in [3.05, 3.63) is 82.2 Å². The molecule has 0 spiro atoms. The van der Waals surface area contributed by atoms with Crippen LogP contribution >= 0.6 is 0 Å². The summed E-state index contributed by atoms with van der Waals surface area (Å²) in [6.45, 7) is 3.67. The van der Waals surface area contributed by atoms with Gasteiger partial charge in [0.2, 0.25) is 0 Å². The Morgan fingerprint density at radius 1 is 1.19 bits per heavy atom. The van der Waals surface area contributed by atoms with Crippen LogP contribution in [0.5, 0.6) is 0 Å². The topological polar surface area (TPSA) is 93.3 Å². The second kappa shape index (κ2) is 8.47. The fraction of sp³-hybridized carbons (Fsp3) is 0.391. The van der Waals surface area contributed by atoms with Crippen LogP contribution in [-0.2, 0) is 19.5 Å². The second-order valence-electron chi connectivity index (χ2n) is 8.36. The monoisotopic (exact) mass is 419 g/mol. The van der Waals surface area contributed by atoms with Crippen molar-refractivity contribution in [3.63, 3.8) is 0 Å². The molecule has 2 aliphatic rings. The van der Waals surface area contributed by atoms with E-state index in [1.165, 1.54) is 0 Å². The minimum absolute atomic E-state index is 0.191. The summed E-state index contributed by atoms with van der Waals surface area (Å²) < 4.78 is 7.32. The van der Waals surface area contributed by atoms with E-state index in [1.54, 1.807) is 30.9 Å². The third-order valence-electron chi connectivity index (χ3n) is 6.17. The van der Waals surface area contributed by atoms with Gasteiger partial charge in [0.25, 0.3) is 11.5 Å². The summed E-state index contributed by atoms with van der Waals surface area (Å²) in [6.07, 6.45) is 8.27. The molecule has 0 radical (unpaired) electrons. The first kappa shape index (κ1) is 19.7. The Morgan fingerprint density at radius 3 is 2.94 bits per heavy atom. The lowest BCUT2D eigenvalue weighted by molar-refractivity contribution is 0.0944. The lowest BCUT2D eigenvalue weighted by atomic mass is 9.83. The third kappa shape index (κ3) is 4.16. The molecule has 1 saturated heterocycles. The van der Waals surface area contributed by atoms with E-state index in [0.717, 1.165) is 43.2 Å². The smallest absolute Gasteiger partial charge is 0.263 e. The Hall–Kier alpha value is -3.26. The number of aromatic nitrogens is 3. The molecule has 2 aliphatic heterocycles. The lowest BCUT2D eigenvalue weighted by Gasteiger charge is -2.42. The van der Waals surface area contributed by atoms with Crippen LogP contribution < -0.4 is 10.9 Å². The number of furan rings is 1. The van der Waals surface area contributed by atoms with Gasteiger partial charge in [-0.15, -0.1) is 0 Å². The van der Waals surface area contributed by atoms with Crippen molar-refractivity contribution in [3.8, 4) is 0 Å². The Morgan fingerprint density at radius 2 is 2.13 bits per heavy atom. The minimum Gasteiger partial charge on any atom is -0.468 e. The molecular weight excluding hydrogens is 394 g/mol. The SMILES string of the molecule is O=C(NCCc1cnccn1)c1ccc2n(c1=O)C[C@H]1C[C@@H]2CN(Cc2ccco2)C1. The molecule has 160 valence electrons. The van der Waals surface area contributed by atoms with E-state index in [9.17, 15) is 9.59 Å². The molecule has 0 aliphatic carbocycles. The van der Waals surface area contributed by atoms with Gasteiger partial charge >= 0.3 is 0 Å². The molecule has 0 saturated carbocycles. The van der Waals surface area contributed by atoms with Crippen LogP contribution in [0.1, 0.15) is 39.8 Å². The second-order valence-corrected chi connectivity index (χ2v) is 8.36. The van der Waals surface area contributed by atoms with Crippen molar-refractivity contribution in [1.82, 2.24) is 24.8 Å². The van der Waals surface area contributed by atoms with Gasteiger partial charge in [0, 0.05) is 62.8 Å². The van der Waals surface area contributed by atoms with E-state index in [0.29, 0.717) is 31.3 Å². The summed E-state index contributed by atoms with van der Waals surface area (Å²) in [5.41, 5.74) is 1.84. The fourth-order valence-corrected chi connectivity index (χ4v) is 4.83. The van der Waals surface area contributed by atoms with Crippen molar-refractivity contribution in [1.29, 1.82) is 0 Å². The number of carbonyl (C=O) groups is 1. The summed E-state index contributed by atoms with van der Waals surface area (Å²) in [7, 11) is 0. The number of carbonyl (C=O) groups excluding carboxylic acids is 1. The number of nitrogens with zero attached hydrogens (tertiary/aromatic N) is 4. The zero-order valence-corrected chi connectivity index (χ0v) is 17.2. The van der Waals surface area contributed by atoms with Crippen molar-refractivity contribution < 1.29 is 9.21 Å². The van der Waals surface area contributed by atoms with Crippen molar-refractivity contribution >= 4 is 5.91 Å². The molecular formula is C23H25N5O3. The predicted molar refractivity (Wildman–Crippen MR) is 114 cm³/mol. The largest absolute Gasteiger partial charge is 0.468 e. The van der Waals surface area contributed by atoms with Crippen LogP contribution in [0.15, 0.2) is 58.3 Å². The molecule has 2 bridgehead atoms. The first-order chi connectivity index (χ1) is 15.2. The average Bonchev–Trinajstić information content (AvgIpc) is 3.28. The van der Waals surface area contributed by atoms with E-state index in [1.807, 2.05) is 22.8 Å². The summed E-state index contributed by atoms with van der Waals surface area (Å²) in [6, 6.07) is 7.54. The first-order valence-electron chi connectivity index (χ1n) is 10.7. The van der Waals surface area contributed by atoms with Crippen LogP contribution in [0.4, 0.5) is 0 Å². The number of likely N-dealkylation sites (tertiary alicyclic amines) is 1. The highest BCUT2D eigenvalue weighted by Gasteiger charge is 2.35. The highest BCUT2D eigenvalue weighted by molar-refractivity contribution is 5.93. The first-order valence-corrected chi connectivity index (χ1v) is 10.7. The molecule has 31 heavy (non-hydrogen) atoms. The van der Waals surface area contributed by atoms with Gasteiger partial charge in [-0.1, -0.05) is 0 Å². The van der Waals surface area contributed by atoms with E-state index >= 15 is 0 Å². The van der Waals surface area contributed by atoms with E-state index in [2.05, 4.69) is 20.2 Å². The summed E-state index contributed by atoms with van der Waals surface area (Å²) in [5, 5.41) is 2.84. The van der Waals surface area contributed by atoms with Gasteiger partial charge < -0.3 is 14.3 Å². The number of pyridine rings is 1. The average molecular weight is 419 g/mol. The normalized spacial score (nSPS) is 20.3.